The number of hydroxylamine groups is 6. The Bertz CT molecular complexity index is 464. The number of nitrogens with zero attached hydrogens (tertiary/aromatic N) is 3. The fraction of sp³-hybridized carbons (Fsp3) is 1.00. The molecule has 0 aromatic carbocycles. The van der Waals surface area contributed by atoms with E-state index < -0.39 is 37.9 Å². The molecule has 1 saturated heterocycles. The van der Waals surface area contributed by atoms with Crippen molar-refractivity contribution in [2.75, 3.05) is 39.3 Å². The monoisotopic (exact) mass is 529 g/mol. The molecule has 1 fully saturated rings. The maximum Gasteiger partial charge on any atom is 0.697 e. The summed E-state index contributed by atoms with van der Waals surface area (Å²) in [4.78, 5) is 0. The molecule has 1 unspecified atom stereocenters. The minimum absolute atomic E-state index is 0.680. The van der Waals surface area contributed by atoms with Gasteiger partial charge in [-0.1, -0.05) is 67.7 Å². The summed E-state index contributed by atoms with van der Waals surface area (Å²) in [5.74, 6) is 0. The second-order valence-electron chi connectivity index (χ2n) is 7.44. The predicted octanol–water partition coefficient (Wildman–Crippen LogP) is 1.84. The summed E-state index contributed by atoms with van der Waals surface area (Å²) in [6.45, 7) is 18.6. The van der Waals surface area contributed by atoms with Crippen LogP contribution in [-0.4, -0.2) is 92.3 Å². The van der Waals surface area contributed by atoms with Crippen molar-refractivity contribution in [2.45, 2.75) is 80.2 Å². The van der Waals surface area contributed by atoms with Crippen LogP contribution >= 0.6 is 0 Å². The molecule has 32 heavy (non-hydrogen) atoms. The Hall–Kier alpha value is 0.468. The Labute approximate surface area is 202 Å². The van der Waals surface area contributed by atoms with Crippen LogP contribution in [0.3, 0.4) is 0 Å². The molecular formula is C18H47N3O7Si4. The van der Waals surface area contributed by atoms with Crippen molar-refractivity contribution < 1.29 is 30.0 Å². The molecule has 14 heteroatoms. The largest absolute Gasteiger partial charge is 0.697 e. The van der Waals surface area contributed by atoms with Crippen molar-refractivity contribution in [2.24, 2.45) is 0 Å². The van der Waals surface area contributed by atoms with Crippen molar-refractivity contribution in [3.05, 3.63) is 0 Å². The molecule has 10 nitrogen and oxygen atoms in total. The zero-order chi connectivity index (χ0) is 23.9. The highest BCUT2D eigenvalue weighted by Gasteiger charge is 2.60. The molecule has 1 atom stereocenters. The Balaban J connectivity index is 3.32. The molecule has 1 aliphatic rings. The standard InChI is InChI=1S/C18H47N3O7Si4/c1-8-15-16-17-18-31(22-19(9-2)10-3)26-29-25-30-27-32(28-31,23-20(11-4)12-5)24-21(13-6)14-7/h8-18,29-30H2,1-7H3. The highest BCUT2D eigenvalue weighted by atomic mass is 28.5. The van der Waals surface area contributed by atoms with E-state index in [4.69, 9.17) is 30.0 Å². The average molecular weight is 530 g/mol. The van der Waals surface area contributed by atoms with Gasteiger partial charge in [-0.05, 0) is 6.42 Å². The van der Waals surface area contributed by atoms with Crippen LogP contribution in [0, 0.1) is 0 Å². The predicted molar refractivity (Wildman–Crippen MR) is 134 cm³/mol. The Morgan fingerprint density at radius 3 is 1.62 bits per heavy atom. The molecule has 0 aliphatic carbocycles. The van der Waals surface area contributed by atoms with E-state index >= 15 is 0 Å². The third-order valence-electron chi connectivity index (χ3n) is 5.16. The van der Waals surface area contributed by atoms with Gasteiger partial charge in [0.1, 0.15) is 0 Å². The second kappa shape index (κ2) is 17.0. The second-order valence-corrected chi connectivity index (χ2v) is 16.1. The first-order valence-electron chi connectivity index (χ1n) is 12.3. The Morgan fingerprint density at radius 1 is 0.625 bits per heavy atom. The third-order valence-corrected chi connectivity index (χ3v) is 15.3. The van der Waals surface area contributed by atoms with Crippen LogP contribution in [0.15, 0.2) is 0 Å². The fourth-order valence-electron chi connectivity index (χ4n) is 3.19. The van der Waals surface area contributed by atoms with Crippen LogP contribution < -0.4 is 0 Å². The van der Waals surface area contributed by atoms with E-state index in [1.807, 2.05) is 42.9 Å². The van der Waals surface area contributed by atoms with E-state index in [0.717, 1.165) is 32.4 Å². The van der Waals surface area contributed by atoms with Gasteiger partial charge in [0.15, 0.2) is 0 Å². The van der Waals surface area contributed by atoms with Gasteiger partial charge in [-0.3, -0.25) is 13.6 Å². The lowest BCUT2D eigenvalue weighted by Gasteiger charge is -2.42. The lowest BCUT2D eigenvalue weighted by molar-refractivity contribution is -0.206. The van der Waals surface area contributed by atoms with Gasteiger partial charge >= 0.3 is 17.9 Å². The first kappa shape index (κ1) is 30.5. The molecule has 192 valence electrons. The molecule has 0 spiro atoms. The summed E-state index contributed by atoms with van der Waals surface area (Å²) in [5, 5.41) is 5.53. The minimum Gasteiger partial charge on any atom is -0.425 e. The molecule has 0 radical (unpaired) electrons. The maximum absolute atomic E-state index is 6.78. The van der Waals surface area contributed by atoms with E-state index in [2.05, 4.69) is 20.8 Å². The fourth-order valence-corrected chi connectivity index (χ4v) is 14.7. The summed E-state index contributed by atoms with van der Waals surface area (Å²) in [6, 6.07) is 0.683. The molecule has 0 N–H and O–H groups in total. The van der Waals surface area contributed by atoms with Gasteiger partial charge in [-0.2, -0.15) is 15.2 Å². The van der Waals surface area contributed by atoms with Crippen molar-refractivity contribution >= 4 is 37.9 Å². The highest BCUT2D eigenvalue weighted by molar-refractivity contribution is 6.76. The SMILES string of the molecule is CCCCCC[Si]1(ON(CC)CC)O[SiH2]O[SiH2]O[Si](ON(CC)CC)(ON(CC)CC)O1. The number of hydrogen-bond acceptors (Lipinski definition) is 10. The van der Waals surface area contributed by atoms with E-state index in [1.54, 1.807) is 0 Å². The molecule has 0 aromatic rings. The summed E-state index contributed by atoms with van der Waals surface area (Å²) in [7, 11) is -9.53. The van der Waals surface area contributed by atoms with Crippen molar-refractivity contribution in [3.8, 4) is 0 Å². The summed E-state index contributed by atoms with van der Waals surface area (Å²) >= 11 is 0. The number of unbranched alkanes of at least 4 members (excludes halogenated alkanes) is 3. The molecule has 0 aromatic heterocycles. The minimum atomic E-state index is -3.68. The van der Waals surface area contributed by atoms with Crippen molar-refractivity contribution in [1.82, 2.24) is 15.2 Å². The third kappa shape index (κ3) is 10.4. The van der Waals surface area contributed by atoms with Gasteiger partial charge in [0.2, 0.25) is 0 Å². The van der Waals surface area contributed by atoms with E-state index in [1.165, 1.54) is 6.42 Å². The molecule has 1 aliphatic heterocycles. The molecule has 0 amide bonds. The summed E-state index contributed by atoms with van der Waals surface area (Å²) in [5.41, 5.74) is 0. The van der Waals surface area contributed by atoms with E-state index in [9.17, 15) is 0 Å². The Kier molecular flexibility index (Phi) is 16.2. The molecule has 1 rings (SSSR count). The van der Waals surface area contributed by atoms with Gasteiger partial charge in [-0.15, -0.1) is 0 Å². The van der Waals surface area contributed by atoms with Gasteiger partial charge in [0.05, 0.1) is 0 Å². The van der Waals surface area contributed by atoms with Crippen LogP contribution in [0.1, 0.15) is 74.1 Å². The summed E-state index contributed by atoms with van der Waals surface area (Å²) < 4.78 is 44.6. The van der Waals surface area contributed by atoms with Crippen LogP contribution in [0.2, 0.25) is 6.04 Å². The lowest BCUT2D eigenvalue weighted by Crippen LogP contribution is -2.67. The van der Waals surface area contributed by atoms with Gasteiger partial charge in [0, 0.05) is 45.3 Å². The Morgan fingerprint density at radius 2 is 1.12 bits per heavy atom. The van der Waals surface area contributed by atoms with Gasteiger partial charge in [0.25, 0.3) is 20.0 Å². The van der Waals surface area contributed by atoms with Crippen LogP contribution in [0.25, 0.3) is 0 Å². The molecular weight excluding hydrogens is 483 g/mol. The van der Waals surface area contributed by atoms with Crippen molar-refractivity contribution in [1.29, 1.82) is 0 Å². The van der Waals surface area contributed by atoms with Gasteiger partial charge < -0.3 is 16.5 Å². The first-order valence-corrected chi connectivity index (χ1v) is 18.2. The zero-order valence-electron chi connectivity index (χ0n) is 21.4. The lowest BCUT2D eigenvalue weighted by atomic mass is 10.2. The maximum atomic E-state index is 6.78. The quantitative estimate of drug-likeness (QED) is 0.158. The average Bonchev–Trinajstić information content (AvgIpc) is 2.80. The first-order chi connectivity index (χ1) is 15.5. The number of rotatable bonds is 17. The smallest absolute Gasteiger partial charge is 0.425 e. The van der Waals surface area contributed by atoms with Crippen LogP contribution in [0.4, 0.5) is 0 Å². The van der Waals surface area contributed by atoms with E-state index in [0.29, 0.717) is 32.2 Å². The number of hydrogen-bond donors (Lipinski definition) is 0. The molecule has 0 bridgehead atoms. The normalized spacial score (nSPS) is 23.4. The molecule has 1 heterocycles. The molecule has 0 saturated carbocycles. The van der Waals surface area contributed by atoms with Gasteiger partial charge in [-0.25, -0.2) is 0 Å². The van der Waals surface area contributed by atoms with E-state index in [-0.39, 0.29) is 0 Å². The highest BCUT2D eigenvalue weighted by Crippen LogP contribution is 2.29. The summed E-state index contributed by atoms with van der Waals surface area (Å²) in [6.07, 6.45) is 4.38. The zero-order valence-corrected chi connectivity index (χ0v) is 26.2. The van der Waals surface area contributed by atoms with Crippen molar-refractivity contribution in [3.63, 3.8) is 0 Å². The topological polar surface area (TPSA) is 74.3 Å². The van der Waals surface area contributed by atoms with Crippen LogP contribution in [0.5, 0.6) is 0 Å². The van der Waals surface area contributed by atoms with Crippen LogP contribution in [-0.2, 0) is 30.0 Å².